The molecule has 0 aliphatic rings. The van der Waals surface area contributed by atoms with Crippen molar-refractivity contribution in [3.8, 4) is 6.07 Å². The lowest BCUT2D eigenvalue weighted by molar-refractivity contribution is 0.0601. The Balaban J connectivity index is 1.41. The van der Waals surface area contributed by atoms with Gasteiger partial charge in [-0.1, -0.05) is 54.6 Å². The number of hydrogen-bond acceptors (Lipinski definition) is 5. The molecule has 2 heterocycles. The minimum Gasteiger partial charge on any atom is -0.465 e. The van der Waals surface area contributed by atoms with Crippen LogP contribution >= 0.6 is 11.3 Å². The number of fused-ring (bicyclic) bond motifs is 3. The van der Waals surface area contributed by atoms with Crippen LogP contribution in [0.3, 0.4) is 0 Å². The maximum absolute atomic E-state index is 12.5. The van der Waals surface area contributed by atoms with E-state index in [1.807, 2.05) is 30.3 Å². The normalized spacial score (nSPS) is 11.3. The molecule has 0 saturated carbocycles. The van der Waals surface area contributed by atoms with Gasteiger partial charge in [0.1, 0.15) is 0 Å². The minimum atomic E-state index is -0.344. The lowest BCUT2D eigenvalue weighted by Crippen LogP contribution is -2.07. The van der Waals surface area contributed by atoms with Crippen LogP contribution in [-0.4, -0.2) is 22.6 Å². The molecule has 0 spiro atoms. The van der Waals surface area contributed by atoms with Gasteiger partial charge in [-0.15, -0.1) is 11.3 Å². The summed E-state index contributed by atoms with van der Waals surface area (Å²) in [5.41, 5.74) is 6.35. The summed E-state index contributed by atoms with van der Waals surface area (Å²) in [6.07, 6.45) is 3.74. The number of carbonyl (C=O) groups excluding carboxylic acids is 1. The summed E-state index contributed by atoms with van der Waals surface area (Å²) in [6, 6.07) is 31.4. The van der Waals surface area contributed by atoms with Crippen molar-refractivity contribution >= 4 is 49.2 Å². The Morgan fingerprint density at radius 3 is 2.58 bits per heavy atom. The Kier molecular flexibility index (Phi) is 7.31. The number of nitrogens with zero attached hydrogens (tertiary/aromatic N) is 3. The van der Waals surface area contributed by atoms with Crippen LogP contribution in [0.15, 0.2) is 84.9 Å². The van der Waals surface area contributed by atoms with E-state index in [1.54, 1.807) is 11.3 Å². The highest BCUT2D eigenvalue weighted by Crippen LogP contribution is 2.32. The van der Waals surface area contributed by atoms with Crippen molar-refractivity contribution in [1.29, 1.82) is 5.26 Å². The molecule has 0 aliphatic carbocycles. The first-order valence-electron chi connectivity index (χ1n) is 13.6. The molecule has 4 aromatic carbocycles. The molecular weight excluding hydrogens is 514 g/mol. The topological polar surface area (TPSA) is 67.9 Å². The van der Waals surface area contributed by atoms with Crippen molar-refractivity contribution in [2.75, 3.05) is 7.11 Å². The smallest absolute Gasteiger partial charge is 0.337 e. The first-order chi connectivity index (χ1) is 19.6. The van der Waals surface area contributed by atoms with E-state index in [0.717, 1.165) is 47.1 Å². The highest BCUT2D eigenvalue weighted by atomic mass is 32.1. The molecule has 6 rings (SSSR count). The number of carbonyl (C=O) groups is 1. The second kappa shape index (κ2) is 11.3. The van der Waals surface area contributed by atoms with Gasteiger partial charge in [-0.05, 0) is 71.5 Å². The molecule has 0 amide bonds. The summed E-state index contributed by atoms with van der Waals surface area (Å²) in [4.78, 5) is 17.3. The van der Waals surface area contributed by atoms with Crippen molar-refractivity contribution in [3.63, 3.8) is 0 Å². The SMILES string of the molecule is COC(=O)c1ccc2c(c1)c(CCc1ccc3ccccc3c1)c(CCc1nc3ccccc3s1)n2CCC#N. The van der Waals surface area contributed by atoms with Gasteiger partial charge in [0.05, 0.1) is 40.4 Å². The van der Waals surface area contributed by atoms with Gasteiger partial charge in [0.2, 0.25) is 0 Å². The Morgan fingerprint density at radius 1 is 0.925 bits per heavy atom. The number of rotatable bonds is 9. The highest BCUT2D eigenvalue weighted by molar-refractivity contribution is 7.18. The van der Waals surface area contributed by atoms with Gasteiger partial charge in [-0.25, -0.2) is 9.78 Å². The third-order valence-electron chi connectivity index (χ3n) is 7.55. The molecule has 6 heteroatoms. The second-order valence-corrected chi connectivity index (χ2v) is 11.1. The van der Waals surface area contributed by atoms with Gasteiger partial charge < -0.3 is 9.30 Å². The van der Waals surface area contributed by atoms with Crippen molar-refractivity contribution in [2.45, 2.75) is 38.6 Å². The number of hydrogen-bond donors (Lipinski definition) is 0. The van der Waals surface area contributed by atoms with E-state index in [-0.39, 0.29) is 5.97 Å². The first-order valence-corrected chi connectivity index (χ1v) is 14.4. The van der Waals surface area contributed by atoms with Crippen LogP contribution in [0.5, 0.6) is 0 Å². The number of esters is 1. The Bertz CT molecular complexity index is 1860. The van der Waals surface area contributed by atoms with Crippen molar-refractivity contribution < 1.29 is 9.53 Å². The van der Waals surface area contributed by atoms with Crippen LogP contribution < -0.4 is 0 Å². The summed E-state index contributed by atoms with van der Waals surface area (Å²) in [6.45, 7) is 0.607. The van der Waals surface area contributed by atoms with Crippen LogP contribution in [0.1, 0.15) is 38.6 Å². The maximum Gasteiger partial charge on any atom is 0.337 e. The van der Waals surface area contributed by atoms with Crippen molar-refractivity contribution in [3.05, 3.63) is 112 Å². The van der Waals surface area contributed by atoms with E-state index in [1.165, 1.54) is 39.4 Å². The largest absolute Gasteiger partial charge is 0.465 e. The van der Waals surface area contributed by atoms with Crippen molar-refractivity contribution in [1.82, 2.24) is 9.55 Å². The monoisotopic (exact) mass is 543 g/mol. The summed E-state index contributed by atoms with van der Waals surface area (Å²) in [5, 5.41) is 14.1. The lowest BCUT2D eigenvalue weighted by Gasteiger charge is -2.11. The Morgan fingerprint density at radius 2 is 1.75 bits per heavy atom. The quantitative estimate of drug-likeness (QED) is 0.175. The molecule has 198 valence electrons. The Hall–Kier alpha value is -4.47. The second-order valence-electron chi connectivity index (χ2n) is 9.97. The first kappa shape index (κ1) is 25.8. The summed E-state index contributed by atoms with van der Waals surface area (Å²) < 4.78 is 8.51. The van der Waals surface area contributed by atoms with Gasteiger partial charge in [-0.2, -0.15) is 5.26 Å². The van der Waals surface area contributed by atoms with Gasteiger partial charge in [-0.3, -0.25) is 0 Å². The number of thiazole rings is 1. The van der Waals surface area contributed by atoms with Crippen LogP contribution in [0, 0.1) is 11.3 Å². The van der Waals surface area contributed by atoms with E-state index in [2.05, 4.69) is 65.2 Å². The molecule has 0 unspecified atom stereocenters. The molecule has 0 saturated heterocycles. The van der Waals surface area contributed by atoms with E-state index in [9.17, 15) is 10.1 Å². The van der Waals surface area contributed by atoms with E-state index >= 15 is 0 Å². The van der Waals surface area contributed by atoms with Gasteiger partial charge >= 0.3 is 5.97 Å². The average Bonchev–Trinajstić information content (AvgIpc) is 3.54. The molecule has 40 heavy (non-hydrogen) atoms. The number of ether oxygens (including phenoxy) is 1. The predicted octanol–water partition coefficient (Wildman–Crippen LogP) is 7.67. The number of benzene rings is 4. The number of aromatic nitrogens is 2. The third kappa shape index (κ3) is 5.09. The number of nitriles is 1. The standard InChI is InChI=1S/C34H29N3O2S/c1-39-34(38)26-14-16-31-28(22-26)27(15-12-23-11-13-24-7-2-3-8-25(24)21-23)30(37(31)20-6-19-35)17-18-33-36-29-9-4-5-10-32(29)40-33/h2-5,7-11,13-14,16,21-22H,6,12,15,17-18,20H2,1H3. The maximum atomic E-state index is 12.5. The fraction of sp³-hybridized carbons (Fsp3) is 0.206. The molecule has 2 aromatic heterocycles. The van der Waals surface area contributed by atoms with Crippen LogP contribution in [0.2, 0.25) is 0 Å². The number of methoxy groups -OCH3 is 1. The fourth-order valence-electron chi connectivity index (χ4n) is 5.62. The van der Waals surface area contributed by atoms with Gasteiger partial charge in [0, 0.05) is 29.6 Å². The van der Waals surface area contributed by atoms with E-state index < -0.39 is 0 Å². The Labute approximate surface area is 237 Å². The van der Waals surface area contributed by atoms with Crippen LogP contribution in [-0.2, 0) is 37.0 Å². The van der Waals surface area contributed by atoms with E-state index in [4.69, 9.17) is 9.72 Å². The molecule has 0 radical (unpaired) electrons. The summed E-state index contributed by atoms with van der Waals surface area (Å²) >= 11 is 1.74. The van der Waals surface area contributed by atoms with Crippen LogP contribution in [0.4, 0.5) is 0 Å². The highest BCUT2D eigenvalue weighted by Gasteiger charge is 2.20. The third-order valence-corrected chi connectivity index (χ3v) is 8.64. The zero-order valence-corrected chi connectivity index (χ0v) is 23.2. The molecule has 0 bridgehead atoms. The average molecular weight is 544 g/mol. The van der Waals surface area contributed by atoms with Gasteiger partial charge in [0.15, 0.2) is 0 Å². The number of aryl methyl sites for hydroxylation is 4. The van der Waals surface area contributed by atoms with Crippen molar-refractivity contribution in [2.24, 2.45) is 0 Å². The zero-order chi connectivity index (χ0) is 27.5. The van der Waals surface area contributed by atoms with E-state index in [0.29, 0.717) is 18.5 Å². The molecule has 0 fully saturated rings. The minimum absolute atomic E-state index is 0.344. The zero-order valence-electron chi connectivity index (χ0n) is 22.4. The fourth-order valence-corrected chi connectivity index (χ4v) is 6.59. The molecular formula is C34H29N3O2S. The summed E-state index contributed by atoms with van der Waals surface area (Å²) in [5.74, 6) is -0.344. The van der Waals surface area contributed by atoms with Crippen LogP contribution in [0.25, 0.3) is 31.9 Å². The predicted molar refractivity (Wildman–Crippen MR) is 162 cm³/mol. The molecule has 5 nitrogen and oxygen atoms in total. The molecule has 0 aliphatic heterocycles. The lowest BCUT2D eigenvalue weighted by atomic mass is 9.97. The molecule has 0 atom stereocenters. The van der Waals surface area contributed by atoms with Gasteiger partial charge in [0.25, 0.3) is 0 Å². The number of para-hydroxylation sites is 1. The summed E-state index contributed by atoms with van der Waals surface area (Å²) in [7, 11) is 1.41. The molecule has 6 aromatic rings. The molecule has 0 N–H and O–H groups in total.